The van der Waals surface area contributed by atoms with Gasteiger partial charge in [0, 0.05) is 5.82 Å². The third-order valence-corrected chi connectivity index (χ3v) is 5.88. The van der Waals surface area contributed by atoms with Crippen molar-refractivity contribution in [2.75, 3.05) is 0 Å². The fraction of sp³-hybridized carbons (Fsp3) is 0.611. The van der Waals surface area contributed by atoms with E-state index in [1.54, 1.807) is 6.07 Å². The Morgan fingerprint density at radius 3 is 2.46 bits per heavy atom. The maximum Gasteiger partial charge on any atom is 0.461 e. The molecule has 1 aliphatic carbocycles. The molecular weight excluding hydrogens is 344 g/mol. The highest BCUT2D eigenvalue weighted by molar-refractivity contribution is 6.49. The van der Waals surface area contributed by atoms with E-state index >= 15 is 0 Å². The molecule has 0 bridgehead atoms. The highest BCUT2D eigenvalue weighted by Crippen LogP contribution is 2.58. The van der Waals surface area contributed by atoms with Gasteiger partial charge in [0.1, 0.15) is 6.54 Å². The third kappa shape index (κ3) is 3.03. The van der Waals surface area contributed by atoms with Gasteiger partial charge in [-0.1, -0.05) is 6.07 Å². The second-order valence-electron chi connectivity index (χ2n) is 8.37. The summed E-state index contributed by atoms with van der Waals surface area (Å²) in [4.78, 5) is 4.07. The van der Waals surface area contributed by atoms with Gasteiger partial charge in [-0.15, -0.1) is 0 Å². The van der Waals surface area contributed by atoms with E-state index in [9.17, 15) is 13.2 Å². The van der Waals surface area contributed by atoms with Crippen LogP contribution < -0.4 is 0 Å². The summed E-state index contributed by atoms with van der Waals surface area (Å²) in [6.45, 7) is 7.05. The molecule has 0 amide bonds. The predicted octanol–water partition coefficient (Wildman–Crippen LogP) is 4.55. The first-order valence-electron chi connectivity index (χ1n) is 8.84. The van der Waals surface area contributed by atoms with Crippen LogP contribution in [0.25, 0.3) is 11.0 Å². The standard InChI is InChI=1S/C18H22BF3N2O2/c1-16(2)17(3,4)26-19(25-16)13-8-12(13)11-5-6-14-15(7-11)24(10-23-14)9-18(20,21)22/h5-7,10,12-13H,8-9H2,1-4H3/t12-,13+/m1/s1. The van der Waals surface area contributed by atoms with E-state index in [2.05, 4.69) is 4.98 Å². The van der Waals surface area contributed by atoms with Crippen LogP contribution in [0.4, 0.5) is 13.2 Å². The molecule has 1 aromatic heterocycles. The van der Waals surface area contributed by atoms with Crippen molar-refractivity contribution in [1.82, 2.24) is 9.55 Å². The van der Waals surface area contributed by atoms with Crippen LogP contribution in [-0.2, 0) is 15.9 Å². The number of rotatable bonds is 3. The number of nitrogens with zero attached hydrogens (tertiary/aromatic N) is 2. The van der Waals surface area contributed by atoms with E-state index < -0.39 is 12.7 Å². The molecule has 2 aliphatic rings. The number of fused-ring (bicyclic) bond motifs is 1. The number of alkyl halides is 3. The molecule has 1 aliphatic heterocycles. The summed E-state index contributed by atoms with van der Waals surface area (Å²) in [6.07, 6.45) is -2.11. The lowest BCUT2D eigenvalue weighted by Crippen LogP contribution is -2.41. The van der Waals surface area contributed by atoms with E-state index in [0.29, 0.717) is 11.0 Å². The quantitative estimate of drug-likeness (QED) is 0.748. The Kier molecular flexibility index (Phi) is 3.77. The average Bonchev–Trinajstić information content (AvgIpc) is 3.16. The molecule has 0 radical (unpaired) electrons. The Balaban J connectivity index is 1.55. The first-order valence-corrected chi connectivity index (χ1v) is 8.84. The number of hydrogen-bond acceptors (Lipinski definition) is 3. The van der Waals surface area contributed by atoms with E-state index in [1.807, 2.05) is 39.8 Å². The van der Waals surface area contributed by atoms with Crippen molar-refractivity contribution in [2.45, 2.75) is 69.8 Å². The van der Waals surface area contributed by atoms with Crippen LogP contribution in [0, 0.1) is 0 Å². The summed E-state index contributed by atoms with van der Waals surface area (Å²) in [5, 5.41) is 0. The molecular formula is C18H22BF3N2O2. The van der Waals surface area contributed by atoms with Crippen molar-refractivity contribution in [1.29, 1.82) is 0 Å². The van der Waals surface area contributed by atoms with Gasteiger partial charge in [-0.25, -0.2) is 4.98 Å². The predicted molar refractivity (Wildman–Crippen MR) is 93.0 cm³/mol. The summed E-state index contributed by atoms with van der Waals surface area (Å²) < 4.78 is 51.6. The van der Waals surface area contributed by atoms with Gasteiger partial charge < -0.3 is 13.9 Å². The summed E-state index contributed by atoms with van der Waals surface area (Å²) in [7, 11) is -0.277. The molecule has 0 spiro atoms. The molecule has 4 nitrogen and oxygen atoms in total. The summed E-state index contributed by atoms with van der Waals surface area (Å²) >= 11 is 0. The second kappa shape index (κ2) is 5.49. The summed E-state index contributed by atoms with van der Waals surface area (Å²) in [6, 6.07) is 5.56. The van der Waals surface area contributed by atoms with Crippen LogP contribution in [0.5, 0.6) is 0 Å². The molecule has 8 heteroatoms. The normalized spacial score (nSPS) is 27.3. The molecule has 0 unspecified atom stereocenters. The van der Waals surface area contributed by atoms with Crippen molar-refractivity contribution in [3.05, 3.63) is 30.1 Å². The van der Waals surface area contributed by atoms with Crippen LogP contribution in [0.3, 0.4) is 0 Å². The topological polar surface area (TPSA) is 36.3 Å². The van der Waals surface area contributed by atoms with E-state index in [-0.39, 0.29) is 30.1 Å². The van der Waals surface area contributed by atoms with Crippen molar-refractivity contribution >= 4 is 18.2 Å². The largest absolute Gasteiger partial charge is 0.461 e. The minimum Gasteiger partial charge on any atom is -0.403 e. The van der Waals surface area contributed by atoms with Crippen molar-refractivity contribution in [3.63, 3.8) is 0 Å². The third-order valence-electron chi connectivity index (χ3n) is 5.88. The Bertz CT molecular complexity index is 831. The molecule has 26 heavy (non-hydrogen) atoms. The number of imidazole rings is 1. The molecule has 2 heterocycles. The van der Waals surface area contributed by atoms with E-state index in [4.69, 9.17) is 9.31 Å². The zero-order valence-corrected chi connectivity index (χ0v) is 15.3. The number of hydrogen-bond donors (Lipinski definition) is 0. The van der Waals surface area contributed by atoms with Gasteiger partial charge >= 0.3 is 13.3 Å². The van der Waals surface area contributed by atoms with Gasteiger partial charge in [0.15, 0.2) is 0 Å². The first kappa shape index (κ1) is 17.9. The van der Waals surface area contributed by atoms with Crippen molar-refractivity contribution in [3.8, 4) is 0 Å². The Morgan fingerprint density at radius 1 is 1.19 bits per heavy atom. The molecule has 1 aromatic carbocycles. The van der Waals surface area contributed by atoms with E-state index in [1.165, 1.54) is 6.33 Å². The highest BCUT2D eigenvalue weighted by atomic mass is 19.4. The molecule has 2 aromatic rings. The maximum absolute atomic E-state index is 12.7. The smallest absolute Gasteiger partial charge is 0.403 e. The van der Waals surface area contributed by atoms with Crippen LogP contribution in [0.15, 0.2) is 24.5 Å². The highest BCUT2D eigenvalue weighted by Gasteiger charge is 2.59. The lowest BCUT2D eigenvalue weighted by molar-refractivity contribution is -0.139. The van der Waals surface area contributed by atoms with Crippen LogP contribution in [-0.4, -0.2) is 34.0 Å². The average molecular weight is 366 g/mol. The molecule has 140 valence electrons. The van der Waals surface area contributed by atoms with Gasteiger partial charge in [-0.2, -0.15) is 13.2 Å². The lowest BCUT2D eigenvalue weighted by atomic mass is 9.79. The second-order valence-corrected chi connectivity index (χ2v) is 8.37. The fourth-order valence-corrected chi connectivity index (χ4v) is 3.59. The van der Waals surface area contributed by atoms with E-state index in [0.717, 1.165) is 16.6 Å². The number of halogens is 3. The SMILES string of the molecule is CC1(C)OB([C@H]2C[C@@H]2c2ccc3ncn(CC(F)(F)F)c3c2)OC1(C)C. The maximum atomic E-state index is 12.7. The van der Waals surface area contributed by atoms with Gasteiger partial charge in [0.05, 0.1) is 28.6 Å². The Morgan fingerprint density at radius 2 is 1.85 bits per heavy atom. The zero-order chi connectivity index (χ0) is 18.9. The summed E-state index contributed by atoms with van der Waals surface area (Å²) in [5.74, 6) is 0.468. The molecule has 2 atom stereocenters. The molecule has 0 N–H and O–H groups in total. The minimum atomic E-state index is -4.27. The van der Waals surface area contributed by atoms with Crippen molar-refractivity contribution < 1.29 is 22.5 Å². The molecule has 4 rings (SSSR count). The zero-order valence-electron chi connectivity index (χ0n) is 15.3. The Labute approximate surface area is 150 Å². The van der Waals surface area contributed by atoms with Gasteiger partial charge in [-0.05, 0) is 57.7 Å². The number of aromatic nitrogens is 2. The van der Waals surface area contributed by atoms with Crippen molar-refractivity contribution in [2.24, 2.45) is 0 Å². The van der Waals surface area contributed by atoms with Crippen LogP contribution in [0.2, 0.25) is 5.82 Å². The molecule has 2 fully saturated rings. The fourth-order valence-electron chi connectivity index (χ4n) is 3.59. The lowest BCUT2D eigenvalue weighted by Gasteiger charge is -2.32. The summed E-state index contributed by atoms with van der Waals surface area (Å²) in [5.41, 5.74) is 1.35. The molecule has 1 saturated heterocycles. The Hall–Kier alpha value is -1.54. The van der Waals surface area contributed by atoms with Crippen LogP contribution in [0.1, 0.15) is 45.6 Å². The monoisotopic (exact) mass is 366 g/mol. The molecule has 1 saturated carbocycles. The first-order chi connectivity index (χ1) is 12.0. The van der Waals surface area contributed by atoms with Gasteiger partial charge in [-0.3, -0.25) is 0 Å². The number of benzene rings is 1. The van der Waals surface area contributed by atoms with Gasteiger partial charge in [0.25, 0.3) is 0 Å². The van der Waals surface area contributed by atoms with Crippen LogP contribution >= 0.6 is 0 Å². The van der Waals surface area contributed by atoms with Gasteiger partial charge in [0.2, 0.25) is 0 Å². The minimum absolute atomic E-state index is 0.229.